The summed E-state index contributed by atoms with van der Waals surface area (Å²) in [5.41, 5.74) is 5.57. The molecule has 3 heterocycles. The Morgan fingerprint density at radius 3 is 2.71 bits per heavy atom. The van der Waals surface area contributed by atoms with Crippen molar-refractivity contribution < 1.29 is 4.79 Å². The molecule has 0 aliphatic heterocycles. The van der Waals surface area contributed by atoms with Gasteiger partial charge in [-0.1, -0.05) is 11.3 Å². The van der Waals surface area contributed by atoms with Crippen molar-refractivity contribution in [1.82, 2.24) is 25.3 Å². The van der Waals surface area contributed by atoms with Crippen LogP contribution in [0.4, 0.5) is 9.93 Å². The quantitative estimate of drug-likeness (QED) is 0.543. The van der Waals surface area contributed by atoms with Crippen molar-refractivity contribution >= 4 is 32.7 Å². The average molecular weight is 390 g/mol. The third kappa shape index (κ3) is 3.67. The van der Waals surface area contributed by atoms with E-state index in [4.69, 9.17) is 0 Å². The summed E-state index contributed by atoms with van der Waals surface area (Å²) in [5.74, 6) is 0. The van der Waals surface area contributed by atoms with Crippen LogP contribution in [0.2, 0.25) is 0 Å². The topological polar surface area (TPSA) is 92.7 Å². The number of hydrogen-bond donors (Lipinski definition) is 2. The Labute approximate surface area is 165 Å². The highest BCUT2D eigenvalue weighted by Gasteiger charge is 2.15. The summed E-state index contributed by atoms with van der Waals surface area (Å²) in [6.45, 7) is 4.45. The Balaban J connectivity index is 1.88. The second-order valence-electron chi connectivity index (χ2n) is 6.22. The van der Waals surface area contributed by atoms with E-state index in [-0.39, 0.29) is 6.03 Å². The lowest BCUT2D eigenvalue weighted by Crippen LogP contribution is -2.28. The first kappa shape index (κ1) is 18.0. The fourth-order valence-electron chi connectivity index (χ4n) is 2.88. The Kier molecular flexibility index (Phi) is 4.94. The van der Waals surface area contributed by atoms with Gasteiger partial charge < -0.3 is 5.32 Å². The molecule has 4 aromatic rings. The summed E-state index contributed by atoms with van der Waals surface area (Å²) in [4.78, 5) is 29.3. The first-order valence-corrected chi connectivity index (χ1v) is 9.63. The number of urea groups is 1. The van der Waals surface area contributed by atoms with Gasteiger partial charge in [-0.3, -0.25) is 10.3 Å². The number of nitrogens with one attached hydrogen (secondary N) is 2. The van der Waals surface area contributed by atoms with Gasteiger partial charge in [0.2, 0.25) is 0 Å². The van der Waals surface area contributed by atoms with E-state index in [2.05, 4.69) is 36.6 Å². The van der Waals surface area contributed by atoms with Crippen LogP contribution in [0, 0.1) is 6.92 Å². The van der Waals surface area contributed by atoms with Gasteiger partial charge in [0.15, 0.2) is 5.13 Å². The summed E-state index contributed by atoms with van der Waals surface area (Å²) >= 11 is 1.43. The van der Waals surface area contributed by atoms with Gasteiger partial charge in [-0.15, -0.1) is 0 Å². The maximum absolute atomic E-state index is 11.9. The van der Waals surface area contributed by atoms with Gasteiger partial charge in [0.1, 0.15) is 6.33 Å². The van der Waals surface area contributed by atoms with Gasteiger partial charge in [0, 0.05) is 36.3 Å². The molecule has 7 nitrogen and oxygen atoms in total. The number of fused-ring (bicyclic) bond motifs is 1. The molecule has 8 heteroatoms. The first-order valence-electron chi connectivity index (χ1n) is 8.82. The minimum absolute atomic E-state index is 0.270. The molecule has 0 aliphatic rings. The molecule has 4 rings (SSSR count). The van der Waals surface area contributed by atoms with Crippen molar-refractivity contribution in [1.29, 1.82) is 0 Å². The van der Waals surface area contributed by atoms with Crippen molar-refractivity contribution in [3.63, 3.8) is 0 Å². The number of carbonyl (C=O) groups excluding carboxylic acids is 1. The number of pyridine rings is 1. The van der Waals surface area contributed by atoms with Crippen molar-refractivity contribution in [2.75, 3.05) is 11.9 Å². The number of aryl methyl sites for hydroxylation is 1. The second-order valence-corrected chi connectivity index (χ2v) is 7.22. The van der Waals surface area contributed by atoms with E-state index in [1.807, 2.05) is 32.0 Å². The average Bonchev–Trinajstić information content (AvgIpc) is 3.10. The second kappa shape index (κ2) is 7.69. The number of aromatic nitrogens is 4. The summed E-state index contributed by atoms with van der Waals surface area (Å²) in [5, 5.41) is 6.05. The zero-order valence-corrected chi connectivity index (χ0v) is 16.2. The van der Waals surface area contributed by atoms with E-state index < -0.39 is 0 Å². The van der Waals surface area contributed by atoms with Crippen molar-refractivity contribution in [3.05, 3.63) is 54.7 Å². The number of thiazole rings is 1. The zero-order valence-electron chi connectivity index (χ0n) is 15.4. The van der Waals surface area contributed by atoms with E-state index in [9.17, 15) is 4.79 Å². The van der Waals surface area contributed by atoms with Crippen LogP contribution in [0.15, 0.2) is 49.2 Å². The Bertz CT molecular complexity index is 1140. The molecule has 0 fully saturated rings. The summed E-state index contributed by atoms with van der Waals surface area (Å²) in [6.07, 6.45) is 6.83. The molecule has 0 atom stereocenters. The summed E-state index contributed by atoms with van der Waals surface area (Å²) in [7, 11) is 0. The van der Waals surface area contributed by atoms with Crippen molar-refractivity contribution in [3.8, 4) is 22.4 Å². The normalized spacial score (nSPS) is 10.8. The number of hydrogen-bond acceptors (Lipinski definition) is 6. The van der Waals surface area contributed by atoms with E-state index in [1.165, 1.54) is 17.7 Å². The van der Waals surface area contributed by atoms with Crippen LogP contribution in [-0.4, -0.2) is 32.5 Å². The molecular formula is C20H18N6OS. The van der Waals surface area contributed by atoms with E-state index >= 15 is 0 Å². The van der Waals surface area contributed by atoms with Gasteiger partial charge in [-0.2, -0.15) is 0 Å². The molecule has 0 bridgehead atoms. The number of rotatable bonds is 4. The van der Waals surface area contributed by atoms with Crippen LogP contribution in [0.25, 0.3) is 32.6 Å². The standard InChI is InChI=1S/C20H18N6OS/c1-3-23-19(27)26-20-25-17-8-13(14-9-21-11-22-10-14)7-15(18(17)28-20)16-6-12(2)4-5-24-16/h4-11H,3H2,1-2H3,(H2,23,25,26,27). The Hall–Kier alpha value is -3.39. The van der Waals surface area contributed by atoms with Crippen LogP contribution in [0.3, 0.4) is 0 Å². The minimum Gasteiger partial charge on any atom is -0.338 e. The molecule has 28 heavy (non-hydrogen) atoms. The fraction of sp³-hybridized carbons (Fsp3) is 0.150. The SMILES string of the molecule is CCNC(=O)Nc1nc2cc(-c3cncnc3)cc(-c3cc(C)ccn3)c2s1. The molecule has 0 unspecified atom stereocenters. The highest BCUT2D eigenvalue weighted by Crippen LogP contribution is 2.38. The summed E-state index contributed by atoms with van der Waals surface area (Å²) < 4.78 is 0.963. The minimum atomic E-state index is -0.270. The number of anilines is 1. The fourth-order valence-corrected chi connectivity index (χ4v) is 3.84. The molecule has 2 amide bonds. The van der Waals surface area contributed by atoms with Crippen molar-refractivity contribution in [2.24, 2.45) is 0 Å². The summed E-state index contributed by atoms with van der Waals surface area (Å²) in [6, 6.07) is 7.78. The van der Waals surface area contributed by atoms with E-state index in [0.29, 0.717) is 11.7 Å². The van der Waals surface area contributed by atoms with Gasteiger partial charge in [0.25, 0.3) is 0 Å². The molecule has 0 saturated carbocycles. The van der Waals surface area contributed by atoms with Gasteiger partial charge >= 0.3 is 6.03 Å². The third-order valence-electron chi connectivity index (χ3n) is 4.13. The van der Waals surface area contributed by atoms with Crippen LogP contribution in [0.5, 0.6) is 0 Å². The van der Waals surface area contributed by atoms with E-state index in [1.54, 1.807) is 18.6 Å². The molecule has 0 radical (unpaired) electrons. The van der Waals surface area contributed by atoms with E-state index in [0.717, 1.165) is 38.2 Å². The lowest BCUT2D eigenvalue weighted by atomic mass is 10.0. The predicted octanol–water partition coefficient (Wildman–Crippen LogP) is 4.27. The van der Waals surface area contributed by atoms with Gasteiger partial charge in [-0.25, -0.2) is 19.7 Å². The first-order chi connectivity index (χ1) is 13.6. The van der Waals surface area contributed by atoms with Crippen LogP contribution < -0.4 is 10.6 Å². The molecule has 3 aromatic heterocycles. The van der Waals surface area contributed by atoms with Gasteiger partial charge in [0.05, 0.1) is 15.9 Å². The lowest BCUT2D eigenvalue weighted by molar-refractivity contribution is 0.252. The van der Waals surface area contributed by atoms with Crippen LogP contribution >= 0.6 is 11.3 Å². The maximum Gasteiger partial charge on any atom is 0.321 e. The molecule has 0 spiro atoms. The lowest BCUT2D eigenvalue weighted by Gasteiger charge is -2.07. The molecule has 0 aliphatic carbocycles. The van der Waals surface area contributed by atoms with Crippen LogP contribution in [-0.2, 0) is 0 Å². The Morgan fingerprint density at radius 2 is 1.96 bits per heavy atom. The number of nitrogens with zero attached hydrogens (tertiary/aromatic N) is 4. The molecule has 1 aromatic carbocycles. The Morgan fingerprint density at radius 1 is 1.14 bits per heavy atom. The number of benzene rings is 1. The maximum atomic E-state index is 11.9. The van der Waals surface area contributed by atoms with Crippen LogP contribution in [0.1, 0.15) is 12.5 Å². The highest BCUT2D eigenvalue weighted by molar-refractivity contribution is 7.22. The largest absolute Gasteiger partial charge is 0.338 e. The zero-order chi connectivity index (χ0) is 19.5. The highest BCUT2D eigenvalue weighted by atomic mass is 32.1. The molecule has 2 N–H and O–H groups in total. The smallest absolute Gasteiger partial charge is 0.321 e. The molecule has 140 valence electrons. The van der Waals surface area contributed by atoms with Gasteiger partial charge in [-0.05, 0) is 49.2 Å². The number of carbonyl (C=O) groups is 1. The molecular weight excluding hydrogens is 372 g/mol. The third-order valence-corrected chi connectivity index (χ3v) is 5.15. The predicted molar refractivity (Wildman–Crippen MR) is 111 cm³/mol. The monoisotopic (exact) mass is 390 g/mol. The molecule has 0 saturated heterocycles. The van der Waals surface area contributed by atoms with Crippen molar-refractivity contribution in [2.45, 2.75) is 13.8 Å². The number of amides is 2.